The molecule has 78 valence electrons. The van der Waals surface area contributed by atoms with Crippen LogP contribution >= 0.6 is 0 Å². The van der Waals surface area contributed by atoms with Gasteiger partial charge in [-0.2, -0.15) is 8.42 Å². The van der Waals surface area contributed by atoms with Crippen molar-refractivity contribution in [3.63, 3.8) is 0 Å². The van der Waals surface area contributed by atoms with E-state index in [9.17, 15) is 8.42 Å². The van der Waals surface area contributed by atoms with Gasteiger partial charge < -0.3 is 15.3 Å². The van der Waals surface area contributed by atoms with E-state index in [1.165, 1.54) is 6.92 Å². The van der Waals surface area contributed by atoms with Gasteiger partial charge in [0.1, 0.15) is 5.75 Å². The zero-order valence-corrected chi connectivity index (χ0v) is 7.91. The van der Waals surface area contributed by atoms with Crippen molar-refractivity contribution >= 4 is 10.1 Å². The Morgan fingerprint density at radius 3 is 2.07 bits per heavy atom. The summed E-state index contributed by atoms with van der Waals surface area (Å²) in [6, 6.07) is 0.915. The second-order valence-electron chi connectivity index (χ2n) is 2.71. The fourth-order valence-electron chi connectivity index (χ4n) is 1.01. The van der Waals surface area contributed by atoms with Gasteiger partial charge in [-0.1, -0.05) is 0 Å². The first kappa shape index (κ1) is 10.6. The fourth-order valence-corrected chi connectivity index (χ4v) is 1.67. The first-order valence-corrected chi connectivity index (χ1v) is 4.91. The minimum atomic E-state index is -4.76. The molecule has 0 heterocycles. The molecule has 0 aliphatic rings. The Hall–Kier alpha value is -1.47. The van der Waals surface area contributed by atoms with Crippen LogP contribution in [0.25, 0.3) is 0 Å². The van der Waals surface area contributed by atoms with Crippen LogP contribution in [-0.4, -0.2) is 28.3 Å². The minimum Gasteiger partial charge on any atom is -0.506 e. The molecule has 0 radical (unpaired) electrons. The molecule has 0 spiro atoms. The van der Waals surface area contributed by atoms with Crippen LogP contribution in [0.4, 0.5) is 0 Å². The highest BCUT2D eigenvalue weighted by atomic mass is 32.2. The van der Waals surface area contributed by atoms with Gasteiger partial charge in [0, 0.05) is 0 Å². The van der Waals surface area contributed by atoms with Crippen molar-refractivity contribution in [2.45, 2.75) is 11.8 Å². The van der Waals surface area contributed by atoms with E-state index < -0.39 is 32.3 Å². The average Bonchev–Trinajstić information content (AvgIpc) is 1.97. The van der Waals surface area contributed by atoms with E-state index in [4.69, 9.17) is 19.9 Å². The molecule has 0 amide bonds. The van der Waals surface area contributed by atoms with E-state index in [1.807, 2.05) is 0 Å². The van der Waals surface area contributed by atoms with Crippen molar-refractivity contribution < 1.29 is 28.3 Å². The zero-order valence-electron chi connectivity index (χ0n) is 7.09. The van der Waals surface area contributed by atoms with Crippen LogP contribution in [-0.2, 0) is 10.1 Å². The molecule has 0 saturated carbocycles. The Morgan fingerprint density at radius 1 is 1.14 bits per heavy atom. The highest BCUT2D eigenvalue weighted by Gasteiger charge is 2.24. The molecule has 0 aliphatic carbocycles. The predicted octanol–water partition coefficient (Wildman–Crippen LogP) is 0.359. The Balaban J connectivity index is 3.70. The van der Waals surface area contributed by atoms with Crippen molar-refractivity contribution in [1.29, 1.82) is 0 Å². The van der Waals surface area contributed by atoms with E-state index in [-0.39, 0.29) is 5.56 Å². The third-order valence-corrected chi connectivity index (χ3v) is 2.58. The fraction of sp³-hybridized carbons (Fsp3) is 0.143. The van der Waals surface area contributed by atoms with E-state index in [0.29, 0.717) is 0 Å². The average molecular weight is 220 g/mol. The number of phenolic OH excluding ortho intramolecular Hbond substituents is 3. The molecule has 7 heteroatoms. The largest absolute Gasteiger partial charge is 0.506 e. The van der Waals surface area contributed by atoms with Crippen LogP contribution in [0.5, 0.6) is 17.2 Å². The zero-order chi connectivity index (χ0) is 11.1. The summed E-state index contributed by atoms with van der Waals surface area (Å²) in [7, 11) is -4.76. The van der Waals surface area contributed by atoms with Gasteiger partial charge in [-0.3, -0.25) is 4.55 Å². The van der Waals surface area contributed by atoms with Crippen LogP contribution in [0.3, 0.4) is 0 Å². The molecular weight excluding hydrogens is 212 g/mol. The highest BCUT2D eigenvalue weighted by molar-refractivity contribution is 7.86. The number of phenols is 3. The van der Waals surface area contributed by atoms with Gasteiger partial charge in [-0.15, -0.1) is 0 Å². The summed E-state index contributed by atoms with van der Waals surface area (Å²) in [6.45, 7) is 1.35. The smallest absolute Gasteiger partial charge is 0.302 e. The quantitative estimate of drug-likeness (QED) is 0.308. The van der Waals surface area contributed by atoms with Crippen molar-refractivity contribution in [3.8, 4) is 17.2 Å². The third kappa shape index (κ3) is 1.59. The summed E-state index contributed by atoms with van der Waals surface area (Å²) < 4.78 is 29.9. The Morgan fingerprint density at radius 2 is 1.64 bits per heavy atom. The van der Waals surface area contributed by atoms with Gasteiger partial charge in [0.15, 0.2) is 16.4 Å². The maximum atomic E-state index is 10.7. The number of hydrogen-bond donors (Lipinski definition) is 4. The van der Waals surface area contributed by atoms with Crippen LogP contribution < -0.4 is 0 Å². The molecule has 0 saturated heterocycles. The summed E-state index contributed by atoms with van der Waals surface area (Å²) >= 11 is 0. The molecule has 0 atom stereocenters. The molecule has 14 heavy (non-hydrogen) atoms. The van der Waals surface area contributed by atoms with Crippen LogP contribution in [0.2, 0.25) is 0 Å². The van der Waals surface area contributed by atoms with Gasteiger partial charge in [0.2, 0.25) is 0 Å². The molecule has 1 aromatic rings. The molecule has 0 aromatic heterocycles. The highest BCUT2D eigenvalue weighted by Crippen LogP contribution is 2.40. The van der Waals surface area contributed by atoms with Crippen molar-refractivity contribution in [2.75, 3.05) is 0 Å². The first-order valence-electron chi connectivity index (χ1n) is 3.47. The lowest BCUT2D eigenvalue weighted by Gasteiger charge is -2.07. The lowest BCUT2D eigenvalue weighted by Crippen LogP contribution is -1.99. The van der Waals surface area contributed by atoms with Crippen LogP contribution in [0.15, 0.2) is 11.0 Å². The molecule has 0 bridgehead atoms. The van der Waals surface area contributed by atoms with Crippen molar-refractivity contribution in [1.82, 2.24) is 0 Å². The summed E-state index contributed by atoms with van der Waals surface area (Å²) in [5, 5.41) is 27.4. The van der Waals surface area contributed by atoms with E-state index in [1.54, 1.807) is 0 Å². The Bertz CT molecular complexity index is 475. The maximum absolute atomic E-state index is 10.7. The molecule has 0 aliphatic heterocycles. The normalized spacial score (nSPS) is 11.6. The van der Waals surface area contributed by atoms with Crippen LogP contribution in [0.1, 0.15) is 5.56 Å². The van der Waals surface area contributed by atoms with E-state index in [0.717, 1.165) is 6.07 Å². The van der Waals surface area contributed by atoms with E-state index in [2.05, 4.69) is 0 Å². The maximum Gasteiger partial charge on any atom is 0.302 e. The number of rotatable bonds is 1. The molecule has 6 nitrogen and oxygen atoms in total. The third-order valence-electron chi connectivity index (χ3n) is 1.66. The van der Waals surface area contributed by atoms with Gasteiger partial charge in [-0.05, 0) is 18.6 Å². The number of aromatic hydroxyl groups is 3. The van der Waals surface area contributed by atoms with Gasteiger partial charge >= 0.3 is 10.1 Å². The first-order chi connectivity index (χ1) is 6.25. The van der Waals surface area contributed by atoms with Crippen LogP contribution in [0, 0.1) is 6.92 Å². The summed E-state index contributed by atoms with van der Waals surface area (Å²) in [5.41, 5.74) is 0.0902. The molecule has 4 N–H and O–H groups in total. The summed E-state index contributed by atoms with van der Waals surface area (Å²) in [4.78, 5) is -1.10. The Labute approximate surface area is 79.8 Å². The standard InChI is InChI=1S/C7H8O6S/c1-3-2-4(8)7(14(11,12)13)6(10)5(3)9/h2,8-10H,1H3,(H,11,12,13). The lowest BCUT2D eigenvalue weighted by atomic mass is 10.2. The second kappa shape index (κ2) is 3.03. The summed E-state index contributed by atoms with van der Waals surface area (Å²) in [5.74, 6) is -2.58. The van der Waals surface area contributed by atoms with Gasteiger partial charge in [-0.25, -0.2) is 0 Å². The SMILES string of the molecule is Cc1cc(O)c(S(=O)(=O)O)c(O)c1O. The molecule has 1 aromatic carbocycles. The van der Waals surface area contributed by atoms with E-state index >= 15 is 0 Å². The number of aryl methyl sites for hydroxylation is 1. The van der Waals surface area contributed by atoms with Gasteiger partial charge in [0.25, 0.3) is 0 Å². The molecule has 0 unspecified atom stereocenters. The number of hydrogen-bond acceptors (Lipinski definition) is 5. The monoisotopic (exact) mass is 220 g/mol. The molecule has 1 rings (SSSR count). The topological polar surface area (TPSA) is 115 Å². The summed E-state index contributed by atoms with van der Waals surface area (Å²) in [6.07, 6.45) is 0. The molecule has 0 fully saturated rings. The number of benzene rings is 1. The minimum absolute atomic E-state index is 0.0902. The van der Waals surface area contributed by atoms with Crippen molar-refractivity contribution in [3.05, 3.63) is 11.6 Å². The predicted molar refractivity (Wildman–Crippen MR) is 46.0 cm³/mol. The second-order valence-corrected chi connectivity index (χ2v) is 4.07. The van der Waals surface area contributed by atoms with Crippen molar-refractivity contribution in [2.24, 2.45) is 0 Å². The molecular formula is C7H8O6S. The van der Waals surface area contributed by atoms with Gasteiger partial charge in [0.05, 0.1) is 0 Å². The lowest BCUT2D eigenvalue weighted by molar-refractivity contribution is 0.371. The Kier molecular flexibility index (Phi) is 2.30.